The molecule has 0 aliphatic heterocycles. The van der Waals surface area contributed by atoms with Gasteiger partial charge in [-0.3, -0.25) is 0 Å². The first kappa shape index (κ1) is 43.0. The minimum atomic E-state index is -0.891. The van der Waals surface area contributed by atoms with Gasteiger partial charge in [-0.1, -0.05) is 84.9 Å². The first-order chi connectivity index (χ1) is 30.2. The second-order valence-electron chi connectivity index (χ2n) is 15.5. The molecule has 8 rings (SSSR count). The third-order valence-electron chi connectivity index (χ3n) is 11.7. The molecule has 2 aliphatic carbocycles. The Morgan fingerprint density at radius 2 is 1.05 bits per heavy atom. The van der Waals surface area contributed by atoms with Crippen LogP contribution in [0.2, 0.25) is 0 Å². The van der Waals surface area contributed by atoms with E-state index in [9.17, 15) is 9.59 Å². The van der Waals surface area contributed by atoms with Crippen LogP contribution in [0.15, 0.2) is 127 Å². The van der Waals surface area contributed by atoms with Crippen LogP contribution in [0.5, 0.6) is 23.0 Å². The van der Waals surface area contributed by atoms with Crippen molar-refractivity contribution in [3.05, 3.63) is 194 Å². The van der Waals surface area contributed by atoms with Gasteiger partial charge in [0.1, 0.15) is 0 Å². The minimum absolute atomic E-state index is 0.324. The Morgan fingerprint density at radius 3 is 1.61 bits per heavy atom. The Balaban J connectivity index is 0.000000186. The van der Waals surface area contributed by atoms with E-state index in [0.29, 0.717) is 11.1 Å². The van der Waals surface area contributed by atoms with Crippen LogP contribution in [0.1, 0.15) is 82.8 Å². The molecule has 0 heterocycles. The van der Waals surface area contributed by atoms with Gasteiger partial charge >= 0.3 is 11.9 Å². The summed E-state index contributed by atoms with van der Waals surface area (Å²) in [7, 11) is 6.60. The lowest BCUT2D eigenvalue weighted by atomic mass is 9.91. The molecular weight excluding hydrogens is 777 g/mol. The predicted octanol–water partition coefficient (Wildman–Crippen LogP) is 11.0. The maximum Gasteiger partial charge on any atom is 0.335 e. The summed E-state index contributed by atoms with van der Waals surface area (Å²) in [5.41, 5.74) is 16.1. The summed E-state index contributed by atoms with van der Waals surface area (Å²) in [5, 5.41) is 18.2. The number of hydrogen-bond donors (Lipinski definition) is 2. The second kappa shape index (κ2) is 20.0. The number of aryl methyl sites for hydroxylation is 5. The topological polar surface area (TPSA) is 112 Å². The van der Waals surface area contributed by atoms with Crippen LogP contribution in [-0.4, -0.2) is 50.6 Å². The van der Waals surface area contributed by atoms with Gasteiger partial charge in [-0.05, 0) is 167 Å². The predicted molar refractivity (Wildman–Crippen MR) is 245 cm³/mol. The quantitative estimate of drug-likeness (QED) is 0.105. The second-order valence-corrected chi connectivity index (χ2v) is 15.5. The van der Waals surface area contributed by atoms with Crippen molar-refractivity contribution in [2.24, 2.45) is 0 Å². The van der Waals surface area contributed by atoms with Crippen LogP contribution in [0.25, 0.3) is 17.2 Å². The average molecular weight is 829 g/mol. The van der Waals surface area contributed by atoms with Crippen molar-refractivity contribution >= 4 is 29.2 Å². The van der Waals surface area contributed by atoms with E-state index < -0.39 is 11.9 Å². The lowest BCUT2D eigenvalue weighted by Gasteiger charge is -2.14. The number of aromatic carboxylic acids is 2. The Bertz CT molecular complexity index is 2620. The van der Waals surface area contributed by atoms with Crippen molar-refractivity contribution in [3.63, 3.8) is 0 Å². The molecule has 0 radical (unpaired) electrons. The van der Waals surface area contributed by atoms with E-state index in [-0.39, 0.29) is 0 Å². The van der Waals surface area contributed by atoms with Gasteiger partial charge in [0.2, 0.25) is 0 Å². The molecule has 8 heteroatoms. The number of carboxylic acids is 2. The van der Waals surface area contributed by atoms with Crippen molar-refractivity contribution in [2.75, 3.05) is 28.4 Å². The molecule has 2 aliphatic rings. The van der Waals surface area contributed by atoms with E-state index in [2.05, 4.69) is 60.7 Å². The summed E-state index contributed by atoms with van der Waals surface area (Å²) in [4.78, 5) is 22.1. The van der Waals surface area contributed by atoms with Gasteiger partial charge in [0.25, 0.3) is 0 Å². The van der Waals surface area contributed by atoms with Crippen LogP contribution < -0.4 is 18.9 Å². The van der Waals surface area contributed by atoms with Gasteiger partial charge < -0.3 is 29.2 Å². The molecule has 6 aromatic carbocycles. The highest BCUT2D eigenvalue weighted by molar-refractivity contribution is 5.89. The zero-order chi connectivity index (χ0) is 43.6. The number of benzene rings is 6. The molecule has 0 fully saturated rings. The fourth-order valence-corrected chi connectivity index (χ4v) is 8.50. The normalized spacial score (nSPS) is 13.0. The first-order valence-electron chi connectivity index (χ1n) is 20.9. The van der Waals surface area contributed by atoms with Gasteiger partial charge in [0.05, 0.1) is 39.6 Å². The van der Waals surface area contributed by atoms with Crippen molar-refractivity contribution in [3.8, 4) is 23.0 Å². The molecule has 316 valence electrons. The van der Waals surface area contributed by atoms with Gasteiger partial charge in [-0.25, -0.2) is 9.59 Å². The van der Waals surface area contributed by atoms with Crippen LogP contribution >= 0.6 is 0 Å². The Hall–Kier alpha value is -7.06. The van der Waals surface area contributed by atoms with E-state index >= 15 is 0 Å². The smallest absolute Gasteiger partial charge is 0.335 e. The van der Waals surface area contributed by atoms with E-state index in [1.54, 1.807) is 52.7 Å². The van der Waals surface area contributed by atoms with Crippen LogP contribution in [-0.2, 0) is 44.9 Å². The van der Waals surface area contributed by atoms with Crippen LogP contribution in [0, 0.1) is 0 Å². The third-order valence-corrected chi connectivity index (χ3v) is 11.7. The van der Waals surface area contributed by atoms with Gasteiger partial charge in [0.15, 0.2) is 23.0 Å². The Morgan fingerprint density at radius 1 is 0.532 bits per heavy atom. The Labute approximate surface area is 363 Å². The zero-order valence-corrected chi connectivity index (χ0v) is 35.7. The van der Waals surface area contributed by atoms with Crippen molar-refractivity contribution in [2.45, 2.75) is 51.4 Å². The summed E-state index contributed by atoms with van der Waals surface area (Å²) in [6, 6.07) is 39.5. The fourth-order valence-electron chi connectivity index (χ4n) is 8.50. The average Bonchev–Trinajstić information content (AvgIpc) is 3.92. The summed E-state index contributed by atoms with van der Waals surface area (Å²) in [5.74, 6) is 1.16. The number of carbonyl (C=O) groups is 2. The summed E-state index contributed by atoms with van der Waals surface area (Å²) >= 11 is 0. The molecule has 0 amide bonds. The number of allylic oxidation sites excluding steroid dienone is 3. The molecule has 0 saturated carbocycles. The largest absolute Gasteiger partial charge is 0.493 e. The summed E-state index contributed by atoms with van der Waals surface area (Å²) < 4.78 is 21.6. The number of fused-ring (bicyclic) bond motifs is 2. The van der Waals surface area contributed by atoms with Gasteiger partial charge in [0, 0.05) is 0 Å². The lowest BCUT2D eigenvalue weighted by Crippen LogP contribution is -2.01. The highest BCUT2D eigenvalue weighted by Crippen LogP contribution is 2.39. The van der Waals surface area contributed by atoms with Gasteiger partial charge in [-0.2, -0.15) is 0 Å². The molecule has 8 nitrogen and oxygen atoms in total. The van der Waals surface area contributed by atoms with E-state index in [1.807, 2.05) is 48.5 Å². The van der Waals surface area contributed by atoms with Crippen molar-refractivity contribution in [1.29, 1.82) is 0 Å². The molecule has 0 bridgehead atoms. The van der Waals surface area contributed by atoms with E-state index in [1.165, 1.54) is 50.1 Å². The highest BCUT2D eigenvalue weighted by Gasteiger charge is 2.21. The molecule has 0 saturated heterocycles. The molecule has 0 aromatic heterocycles. The van der Waals surface area contributed by atoms with Crippen molar-refractivity contribution < 1.29 is 38.7 Å². The number of hydrogen-bond acceptors (Lipinski definition) is 6. The molecule has 2 N–H and O–H groups in total. The monoisotopic (exact) mass is 828 g/mol. The van der Waals surface area contributed by atoms with E-state index in [4.69, 9.17) is 29.2 Å². The highest BCUT2D eigenvalue weighted by atomic mass is 16.5. The lowest BCUT2D eigenvalue weighted by molar-refractivity contribution is 0.0686. The number of rotatable bonds is 15. The molecule has 0 spiro atoms. The fraction of sp³-hybridized carbons (Fsp3) is 0.222. The number of carboxylic acid groups (broad SMARTS) is 2. The molecule has 0 atom stereocenters. The van der Waals surface area contributed by atoms with Crippen LogP contribution in [0.3, 0.4) is 0 Å². The van der Waals surface area contributed by atoms with E-state index in [0.717, 1.165) is 91.1 Å². The summed E-state index contributed by atoms with van der Waals surface area (Å²) in [6.45, 7) is 0. The number of methoxy groups -OCH3 is 4. The molecular formula is C54H52O8. The number of ether oxygens (including phenoxy) is 4. The first-order valence-corrected chi connectivity index (χ1v) is 20.9. The minimum Gasteiger partial charge on any atom is -0.493 e. The maximum absolute atomic E-state index is 11.1. The molecule has 6 aromatic rings. The Kier molecular flexibility index (Phi) is 13.9. The molecule has 0 unspecified atom stereocenters. The zero-order valence-electron chi connectivity index (χ0n) is 35.7. The van der Waals surface area contributed by atoms with Crippen LogP contribution in [0.4, 0.5) is 0 Å². The maximum atomic E-state index is 11.1. The van der Waals surface area contributed by atoms with Gasteiger partial charge in [-0.15, -0.1) is 0 Å². The third kappa shape index (κ3) is 10.1. The standard InChI is InChI=1S/2C27H26O4/c2*1-30-24-15-9-19(17-25(24)31-2)16-23-14-13-21-5-3-4-20(26(21)23)10-6-18-7-11-22(12-8-18)27(28)29/h3-5,7-9,11-12,15-17H,6,10,13-14H2,1-2H3,(H,28,29);3-5,7-9,11-12,14-15,17H,6,10,13,16H2,1-2H3,(H,28,29)/b23-16+;. The SMILES string of the molecule is COc1ccc(/C=C2\CCc3cccc(CCc4ccc(C(=O)O)cc4)c32)cc1OC.COc1ccc(CC2=CCc3cccc(CCc4ccc(C(=O)O)cc4)c32)cc1OC. The van der Waals surface area contributed by atoms with Crippen molar-refractivity contribution in [1.82, 2.24) is 0 Å². The summed E-state index contributed by atoms with van der Waals surface area (Å²) in [6.07, 6.45) is 12.0. The molecule has 62 heavy (non-hydrogen) atoms.